The molecule has 0 radical (unpaired) electrons. The number of nitrogens with zero attached hydrogens (tertiary/aromatic N) is 2. The Balaban J connectivity index is 2.85. The third kappa shape index (κ3) is 2.56. The van der Waals surface area contributed by atoms with Crippen LogP contribution in [0.2, 0.25) is 0 Å². The maximum atomic E-state index is 11.4. The number of nitrogens with two attached hydrogens (primary N) is 1. The second kappa shape index (κ2) is 4.02. The molecule has 0 spiro atoms. The first-order valence-corrected chi connectivity index (χ1v) is 4.75. The van der Waals surface area contributed by atoms with E-state index in [9.17, 15) is 4.79 Å². The molecular weight excluding hydrogens is 194 g/mol. The summed E-state index contributed by atoms with van der Waals surface area (Å²) in [6.07, 6.45) is 0. The van der Waals surface area contributed by atoms with Crippen LogP contribution >= 0.6 is 0 Å². The molecule has 2 N–H and O–H groups in total. The molecule has 0 aliphatic heterocycles. The third-order valence-corrected chi connectivity index (χ3v) is 2.23. The summed E-state index contributed by atoms with van der Waals surface area (Å²) in [5, 5.41) is 4.24. The molecule has 1 aromatic heterocycles. The van der Waals surface area contributed by atoms with Crippen molar-refractivity contribution in [3.8, 4) is 0 Å². The summed E-state index contributed by atoms with van der Waals surface area (Å²) in [4.78, 5) is 11.4. The van der Waals surface area contributed by atoms with E-state index in [1.54, 1.807) is 11.6 Å². The number of aromatic nitrogens is 2. The largest absolute Gasteiger partial charge is 0.468 e. The molecule has 1 heterocycles. The molecule has 15 heavy (non-hydrogen) atoms. The van der Waals surface area contributed by atoms with E-state index >= 15 is 0 Å². The van der Waals surface area contributed by atoms with Crippen molar-refractivity contribution in [1.29, 1.82) is 0 Å². The van der Waals surface area contributed by atoms with Crippen molar-refractivity contribution in [1.82, 2.24) is 9.78 Å². The SMILES string of the molecule is COC(=O)C(C)(N)Cn1nc(C)cc1C. The molecule has 0 saturated carbocycles. The summed E-state index contributed by atoms with van der Waals surface area (Å²) >= 11 is 0. The topological polar surface area (TPSA) is 70.1 Å². The Morgan fingerprint density at radius 3 is 2.67 bits per heavy atom. The van der Waals surface area contributed by atoms with Gasteiger partial charge in [-0.1, -0.05) is 0 Å². The van der Waals surface area contributed by atoms with E-state index in [4.69, 9.17) is 5.73 Å². The summed E-state index contributed by atoms with van der Waals surface area (Å²) in [7, 11) is 1.33. The maximum Gasteiger partial charge on any atom is 0.327 e. The minimum atomic E-state index is -1.04. The lowest BCUT2D eigenvalue weighted by Crippen LogP contribution is -2.49. The molecule has 1 atom stereocenters. The molecule has 0 fully saturated rings. The Labute approximate surface area is 89.2 Å². The summed E-state index contributed by atoms with van der Waals surface area (Å²) in [6.45, 7) is 5.78. The average molecular weight is 211 g/mol. The third-order valence-electron chi connectivity index (χ3n) is 2.23. The van der Waals surface area contributed by atoms with Gasteiger partial charge in [-0.05, 0) is 26.8 Å². The fourth-order valence-electron chi connectivity index (χ4n) is 1.44. The first-order chi connectivity index (χ1) is 6.86. The highest BCUT2D eigenvalue weighted by molar-refractivity contribution is 5.79. The van der Waals surface area contributed by atoms with Gasteiger partial charge in [-0.3, -0.25) is 9.48 Å². The number of ether oxygens (including phenoxy) is 1. The molecule has 0 aliphatic rings. The van der Waals surface area contributed by atoms with Gasteiger partial charge >= 0.3 is 5.97 Å². The summed E-state index contributed by atoms with van der Waals surface area (Å²) in [6, 6.07) is 1.94. The van der Waals surface area contributed by atoms with Crippen LogP contribution < -0.4 is 5.73 Å². The maximum absolute atomic E-state index is 11.4. The second-order valence-electron chi connectivity index (χ2n) is 3.99. The van der Waals surface area contributed by atoms with Gasteiger partial charge in [0, 0.05) is 5.69 Å². The molecule has 84 valence electrons. The minimum absolute atomic E-state index is 0.319. The lowest BCUT2D eigenvalue weighted by molar-refractivity contribution is -0.147. The molecule has 0 bridgehead atoms. The quantitative estimate of drug-likeness (QED) is 0.734. The van der Waals surface area contributed by atoms with E-state index in [1.807, 2.05) is 19.9 Å². The number of methoxy groups -OCH3 is 1. The van der Waals surface area contributed by atoms with E-state index in [2.05, 4.69) is 9.84 Å². The molecular formula is C10H17N3O2. The van der Waals surface area contributed by atoms with Gasteiger partial charge < -0.3 is 10.5 Å². The van der Waals surface area contributed by atoms with Crippen LogP contribution in [0.15, 0.2) is 6.07 Å². The Morgan fingerprint density at radius 1 is 1.67 bits per heavy atom. The molecule has 0 amide bonds. The molecule has 5 heteroatoms. The lowest BCUT2D eigenvalue weighted by Gasteiger charge is -2.21. The van der Waals surface area contributed by atoms with Crippen LogP contribution in [0.5, 0.6) is 0 Å². The number of hydrogen-bond acceptors (Lipinski definition) is 4. The van der Waals surface area contributed by atoms with Crippen molar-refractivity contribution in [3.05, 3.63) is 17.5 Å². The molecule has 0 saturated heterocycles. The Bertz CT molecular complexity index is 369. The highest BCUT2D eigenvalue weighted by atomic mass is 16.5. The van der Waals surface area contributed by atoms with E-state index < -0.39 is 11.5 Å². The van der Waals surface area contributed by atoms with Crippen molar-refractivity contribution in [3.63, 3.8) is 0 Å². The van der Waals surface area contributed by atoms with E-state index in [-0.39, 0.29) is 0 Å². The monoisotopic (exact) mass is 211 g/mol. The highest BCUT2D eigenvalue weighted by Crippen LogP contribution is 2.09. The van der Waals surface area contributed by atoms with Gasteiger partial charge in [-0.15, -0.1) is 0 Å². The van der Waals surface area contributed by atoms with Crippen molar-refractivity contribution < 1.29 is 9.53 Å². The van der Waals surface area contributed by atoms with Crippen molar-refractivity contribution >= 4 is 5.97 Å². The van der Waals surface area contributed by atoms with Gasteiger partial charge in [0.2, 0.25) is 0 Å². The van der Waals surface area contributed by atoms with Crippen molar-refractivity contribution in [2.45, 2.75) is 32.9 Å². The molecule has 1 rings (SSSR count). The van der Waals surface area contributed by atoms with Crippen LogP contribution in [-0.4, -0.2) is 28.4 Å². The molecule has 0 aliphatic carbocycles. The molecule has 1 unspecified atom stereocenters. The number of esters is 1. The number of hydrogen-bond donors (Lipinski definition) is 1. The van der Waals surface area contributed by atoms with Crippen LogP contribution in [0.1, 0.15) is 18.3 Å². The number of aryl methyl sites for hydroxylation is 2. The van der Waals surface area contributed by atoms with E-state index in [0.717, 1.165) is 11.4 Å². The summed E-state index contributed by atoms with van der Waals surface area (Å²) < 4.78 is 6.34. The zero-order chi connectivity index (χ0) is 11.6. The van der Waals surface area contributed by atoms with Crippen LogP contribution in [0, 0.1) is 13.8 Å². The second-order valence-corrected chi connectivity index (χ2v) is 3.99. The Kier molecular flexibility index (Phi) is 3.14. The fraction of sp³-hybridized carbons (Fsp3) is 0.600. The number of carbonyl (C=O) groups excluding carboxylic acids is 1. The predicted octanol–water partition coefficient (Wildman–Crippen LogP) is 0.390. The standard InChI is InChI=1S/C10H17N3O2/c1-7-5-8(2)13(12-7)6-10(3,11)9(14)15-4/h5H,6,11H2,1-4H3. The van der Waals surface area contributed by atoms with Gasteiger partial charge in [0.05, 0.1) is 19.3 Å². The molecule has 0 aromatic carbocycles. The first kappa shape index (κ1) is 11.7. The first-order valence-electron chi connectivity index (χ1n) is 4.75. The lowest BCUT2D eigenvalue weighted by atomic mass is 10.1. The Hall–Kier alpha value is -1.36. The predicted molar refractivity (Wildman–Crippen MR) is 56.3 cm³/mol. The van der Waals surface area contributed by atoms with E-state index in [0.29, 0.717) is 6.54 Å². The number of rotatable bonds is 3. The van der Waals surface area contributed by atoms with Crippen LogP contribution in [0.25, 0.3) is 0 Å². The van der Waals surface area contributed by atoms with Crippen molar-refractivity contribution in [2.24, 2.45) is 5.73 Å². The highest BCUT2D eigenvalue weighted by Gasteiger charge is 2.30. The van der Waals surface area contributed by atoms with Crippen LogP contribution in [0.4, 0.5) is 0 Å². The van der Waals surface area contributed by atoms with Gasteiger partial charge in [-0.2, -0.15) is 5.10 Å². The zero-order valence-corrected chi connectivity index (χ0v) is 9.57. The van der Waals surface area contributed by atoms with Crippen LogP contribution in [-0.2, 0) is 16.1 Å². The zero-order valence-electron chi connectivity index (χ0n) is 9.57. The average Bonchev–Trinajstić information content (AvgIpc) is 2.43. The smallest absolute Gasteiger partial charge is 0.327 e. The fourth-order valence-corrected chi connectivity index (χ4v) is 1.44. The van der Waals surface area contributed by atoms with Gasteiger partial charge in [0.25, 0.3) is 0 Å². The van der Waals surface area contributed by atoms with E-state index in [1.165, 1.54) is 7.11 Å². The normalized spacial score (nSPS) is 14.7. The van der Waals surface area contributed by atoms with Crippen molar-refractivity contribution in [2.75, 3.05) is 7.11 Å². The summed E-state index contributed by atoms with van der Waals surface area (Å²) in [5.74, 6) is -0.435. The number of carbonyl (C=O) groups is 1. The summed E-state index contributed by atoms with van der Waals surface area (Å²) in [5.41, 5.74) is 6.69. The van der Waals surface area contributed by atoms with Gasteiger partial charge in [-0.25, -0.2) is 0 Å². The Morgan fingerprint density at radius 2 is 2.27 bits per heavy atom. The van der Waals surface area contributed by atoms with Gasteiger partial charge in [0.1, 0.15) is 5.54 Å². The minimum Gasteiger partial charge on any atom is -0.468 e. The molecule has 5 nitrogen and oxygen atoms in total. The van der Waals surface area contributed by atoms with Crippen LogP contribution in [0.3, 0.4) is 0 Å². The molecule has 1 aromatic rings. The van der Waals surface area contributed by atoms with Gasteiger partial charge in [0.15, 0.2) is 0 Å².